The predicted octanol–water partition coefficient (Wildman–Crippen LogP) is 2.60. The average Bonchev–Trinajstić information content (AvgIpc) is 2.44. The van der Waals surface area contributed by atoms with E-state index in [-0.39, 0.29) is 5.97 Å². The highest BCUT2D eigenvalue weighted by Crippen LogP contribution is 2.13. The summed E-state index contributed by atoms with van der Waals surface area (Å²) in [5.74, 6) is -0.284. The first-order valence-corrected chi connectivity index (χ1v) is 8.46. The summed E-state index contributed by atoms with van der Waals surface area (Å²) in [6.07, 6.45) is 0.753. The van der Waals surface area contributed by atoms with Gasteiger partial charge in [-0.3, -0.25) is 0 Å². The van der Waals surface area contributed by atoms with E-state index in [1.165, 1.54) is 0 Å². The van der Waals surface area contributed by atoms with E-state index in [4.69, 9.17) is 13.6 Å². The first-order chi connectivity index (χ1) is 8.61. The van der Waals surface area contributed by atoms with Gasteiger partial charge in [-0.1, -0.05) is 18.2 Å². The lowest BCUT2D eigenvalue weighted by atomic mass is 10.2. The molecule has 18 heavy (non-hydrogen) atoms. The van der Waals surface area contributed by atoms with Gasteiger partial charge in [-0.05, 0) is 31.1 Å². The Hall–Kier alpha value is -1.17. The first-order valence-electron chi connectivity index (χ1n) is 5.94. The lowest BCUT2D eigenvalue weighted by molar-refractivity contribution is 0.0501. The van der Waals surface area contributed by atoms with Crippen molar-refractivity contribution in [2.75, 3.05) is 20.8 Å². The molecular formula is C13H20O4Si. The second-order valence-electron chi connectivity index (χ2n) is 4.15. The van der Waals surface area contributed by atoms with Gasteiger partial charge in [0.2, 0.25) is 0 Å². The molecule has 0 aliphatic rings. The van der Waals surface area contributed by atoms with Crippen LogP contribution in [0.1, 0.15) is 16.8 Å². The van der Waals surface area contributed by atoms with E-state index >= 15 is 0 Å². The number of rotatable bonds is 7. The van der Waals surface area contributed by atoms with E-state index in [9.17, 15) is 4.79 Å². The number of carbonyl (C=O) groups is 1. The molecule has 0 radical (unpaired) electrons. The highest BCUT2D eigenvalue weighted by atomic mass is 28.4. The van der Waals surface area contributed by atoms with E-state index in [0.29, 0.717) is 12.2 Å². The van der Waals surface area contributed by atoms with Crippen LogP contribution in [0.15, 0.2) is 30.3 Å². The van der Waals surface area contributed by atoms with Crippen LogP contribution in [0.25, 0.3) is 0 Å². The highest BCUT2D eigenvalue weighted by Gasteiger charge is 2.27. The Kier molecular flexibility index (Phi) is 6.04. The maximum absolute atomic E-state index is 11.6. The second kappa shape index (κ2) is 7.30. The van der Waals surface area contributed by atoms with Gasteiger partial charge in [0.05, 0.1) is 12.2 Å². The van der Waals surface area contributed by atoms with Crippen molar-refractivity contribution in [1.82, 2.24) is 0 Å². The van der Waals surface area contributed by atoms with Crippen molar-refractivity contribution in [3.63, 3.8) is 0 Å². The minimum atomic E-state index is -2.04. The highest BCUT2D eigenvalue weighted by molar-refractivity contribution is 6.65. The molecule has 0 saturated heterocycles. The number of carbonyl (C=O) groups excluding carboxylic acids is 1. The standard InChI is InChI=1S/C13H20O4Si/c1-15-18(3,16-2)11-7-10-17-13(14)12-8-5-4-6-9-12/h4-6,8-9H,7,10-11H2,1-3H3. The number of hydrogen-bond acceptors (Lipinski definition) is 4. The molecule has 0 aromatic heterocycles. The van der Waals surface area contributed by atoms with Crippen LogP contribution in [-0.2, 0) is 13.6 Å². The minimum Gasteiger partial charge on any atom is -0.462 e. The van der Waals surface area contributed by atoms with E-state index in [1.54, 1.807) is 26.4 Å². The van der Waals surface area contributed by atoms with Crippen molar-refractivity contribution in [3.05, 3.63) is 35.9 Å². The maximum atomic E-state index is 11.6. The molecule has 4 nitrogen and oxygen atoms in total. The molecule has 0 aliphatic heterocycles. The van der Waals surface area contributed by atoms with Crippen LogP contribution in [0.4, 0.5) is 0 Å². The van der Waals surface area contributed by atoms with Crippen LogP contribution < -0.4 is 0 Å². The fourth-order valence-corrected chi connectivity index (χ4v) is 2.86. The summed E-state index contributed by atoms with van der Waals surface area (Å²) in [4.78, 5) is 11.6. The van der Waals surface area contributed by atoms with Gasteiger partial charge < -0.3 is 13.6 Å². The minimum absolute atomic E-state index is 0.284. The van der Waals surface area contributed by atoms with Crippen LogP contribution in [0.2, 0.25) is 12.6 Å². The van der Waals surface area contributed by atoms with Gasteiger partial charge in [0, 0.05) is 14.2 Å². The fraction of sp³-hybridized carbons (Fsp3) is 0.462. The van der Waals surface area contributed by atoms with E-state index < -0.39 is 8.56 Å². The van der Waals surface area contributed by atoms with Gasteiger partial charge in [0.25, 0.3) is 0 Å². The Morgan fingerprint density at radius 2 is 1.78 bits per heavy atom. The number of hydrogen-bond donors (Lipinski definition) is 0. The summed E-state index contributed by atoms with van der Waals surface area (Å²) < 4.78 is 15.9. The molecule has 0 N–H and O–H groups in total. The molecule has 0 fully saturated rings. The molecule has 1 rings (SSSR count). The lowest BCUT2D eigenvalue weighted by Crippen LogP contribution is -2.36. The van der Waals surface area contributed by atoms with Gasteiger partial charge in [0.1, 0.15) is 0 Å². The van der Waals surface area contributed by atoms with Crippen molar-refractivity contribution < 1.29 is 18.4 Å². The SMILES string of the molecule is CO[Si](C)(CCCOC(=O)c1ccccc1)OC. The van der Waals surface area contributed by atoms with Gasteiger partial charge in [-0.15, -0.1) is 0 Å². The summed E-state index contributed by atoms with van der Waals surface area (Å²) in [6.45, 7) is 2.38. The predicted molar refractivity (Wildman–Crippen MR) is 71.8 cm³/mol. The van der Waals surface area contributed by atoms with Crippen molar-refractivity contribution in [2.45, 2.75) is 19.0 Å². The molecule has 1 aromatic rings. The molecule has 0 aliphatic carbocycles. The van der Waals surface area contributed by atoms with Gasteiger partial charge in [-0.2, -0.15) is 0 Å². The molecule has 0 saturated carbocycles. The topological polar surface area (TPSA) is 44.8 Å². The molecule has 0 amide bonds. The lowest BCUT2D eigenvalue weighted by Gasteiger charge is -2.22. The summed E-state index contributed by atoms with van der Waals surface area (Å²) in [6, 6.07) is 9.79. The normalized spacial score (nSPS) is 11.3. The van der Waals surface area contributed by atoms with Crippen LogP contribution in [0, 0.1) is 0 Å². The first kappa shape index (κ1) is 14.9. The molecule has 5 heteroatoms. The third kappa shape index (κ3) is 4.60. The Morgan fingerprint density at radius 3 is 2.33 bits per heavy atom. The third-order valence-electron chi connectivity index (χ3n) is 2.88. The number of benzene rings is 1. The molecular weight excluding hydrogens is 248 g/mol. The summed E-state index contributed by atoms with van der Waals surface area (Å²) in [5.41, 5.74) is 0.580. The molecule has 1 aromatic carbocycles. The van der Waals surface area contributed by atoms with Crippen LogP contribution in [0.3, 0.4) is 0 Å². The van der Waals surface area contributed by atoms with Gasteiger partial charge >= 0.3 is 14.5 Å². The van der Waals surface area contributed by atoms with Crippen molar-refractivity contribution in [3.8, 4) is 0 Å². The molecule has 0 bridgehead atoms. The molecule has 0 unspecified atom stereocenters. The van der Waals surface area contributed by atoms with Gasteiger partial charge in [-0.25, -0.2) is 4.79 Å². The quantitative estimate of drug-likeness (QED) is 0.433. The van der Waals surface area contributed by atoms with Crippen molar-refractivity contribution in [2.24, 2.45) is 0 Å². The van der Waals surface area contributed by atoms with Crippen molar-refractivity contribution >= 4 is 14.5 Å². The molecule has 0 spiro atoms. The Balaban J connectivity index is 2.29. The zero-order chi connectivity index (χ0) is 13.4. The van der Waals surface area contributed by atoms with Crippen molar-refractivity contribution in [1.29, 1.82) is 0 Å². The van der Waals surface area contributed by atoms with E-state index in [2.05, 4.69) is 0 Å². The van der Waals surface area contributed by atoms with Crippen LogP contribution in [0.5, 0.6) is 0 Å². The van der Waals surface area contributed by atoms with E-state index in [1.807, 2.05) is 24.7 Å². The summed E-state index contributed by atoms with van der Waals surface area (Å²) in [7, 11) is 1.28. The zero-order valence-corrected chi connectivity index (χ0v) is 12.1. The summed E-state index contributed by atoms with van der Waals surface area (Å²) in [5, 5.41) is 0. The van der Waals surface area contributed by atoms with Crippen LogP contribution in [-0.4, -0.2) is 35.4 Å². The maximum Gasteiger partial charge on any atom is 0.338 e. The molecule has 100 valence electrons. The van der Waals surface area contributed by atoms with E-state index in [0.717, 1.165) is 12.5 Å². The molecule has 0 atom stereocenters. The monoisotopic (exact) mass is 268 g/mol. The zero-order valence-electron chi connectivity index (χ0n) is 11.1. The van der Waals surface area contributed by atoms with Crippen LogP contribution >= 0.6 is 0 Å². The second-order valence-corrected chi connectivity index (χ2v) is 7.73. The summed E-state index contributed by atoms with van der Waals surface area (Å²) >= 11 is 0. The Bertz CT molecular complexity index is 363. The molecule has 0 heterocycles. The Labute approximate surface area is 109 Å². The Morgan fingerprint density at radius 1 is 1.17 bits per heavy atom. The van der Waals surface area contributed by atoms with Gasteiger partial charge in [0.15, 0.2) is 0 Å². The number of esters is 1. The smallest absolute Gasteiger partial charge is 0.338 e. The fourth-order valence-electron chi connectivity index (χ4n) is 1.50. The largest absolute Gasteiger partial charge is 0.462 e. The average molecular weight is 268 g/mol. The number of ether oxygens (including phenoxy) is 1. The third-order valence-corrected chi connectivity index (χ3v) is 5.87.